The van der Waals surface area contributed by atoms with Gasteiger partial charge in [0.15, 0.2) is 0 Å². The summed E-state index contributed by atoms with van der Waals surface area (Å²) in [7, 11) is 0. The molecule has 2 nitrogen and oxygen atoms in total. The Hall–Kier alpha value is -0.240. The van der Waals surface area contributed by atoms with Gasteiger partial charge in [0, 0.05) is 5.88 Å². The van der Waals surface area contributed by atoms with Crippen molar-refractivity contribution < 1.29 is 9.53 Å². The summed E-state index contributed by atoms with van der Waals surface area (Å²) in [5.41, 5.74) is 0. The Morgan fingerprint density at radius 1 is 0.905 bits per heavy atom. The summed E-state index contributed by atoms with van der Waals surface area (Å²) in [5, 5.41) is 0. The SMILES string of the molecule is CCCCCCCCCCCCC(CC)OC(=O)CCCl. The first kappa shape index (κ1) is 20.8. The van der Waals surface area contributed by atoms with Crippen molar-refractivity contribution in [1.82, 2.24) is 0 Å². The molecule has 0 saturated carbocycles. The third-order valence-electron chi connectivity index (χ3n) is 3.93. The Kier molecular flexibility index (Phi) is 16.0. The highest BCUT2D eigenvalue weighted by molar-refractivity contribution is 6.18. The molecule has 126 valence electrons. The number of rotatable bonds is 15. The first-order valence-electron chi connectivity index (χ1n) is 9.00. The topological polar surface area (TPSA) is 26.3 Å². The zero-order valence-electron chi connectivity index (χ0n) is 14.2. The Morgan fingerprint density at radius 2 is 1.43 bits per heavy atom. The Morgan fingerprint density at radius 3 is 1.90 bits per heavy atom. The minimum atomic E-state index is -0.149. The van der Waals surface area contributed by atoms with Crippen molar-refractivity contribution in [1.29, 1.82) is 0 Å². The maximum atomic E-state index is 11.4. The van der Waals surface area contributed by atoms with Gasteiger partial charge in [-0.15, -0.1) is 11.6 Å². The van der Waals surface area contributed by atoms with E-state index in [1.807, 2.05) is 0 Å². The molecule has 0 fully saturated rings. The van der Waals surface area contributed by atoms with E-state index in [4.69, 9.17) is 16.3 Å². The first-order chi connectivity index (χ1) is 10.2. The van der Waals surface area contributed by atoms with Crippen LogP contribution in [0.3, 0.4) is 0 Å². The lowest BCUT2D eigenvalue weighted by molar-refractivity contribution is -0.149. The van der Waals surface area contributed by atoms with Crippen LogP contribution in [0.25, 0.3) is 0 Å². The Balaban J connectivity index is 3.37. The van der Waals surface area contributed by atoms with Gasteiger partial charge in [-0.25, -0.2) is 0 Å². The van der Waals surface area contributed by atoms with Crippen molar-refractivity contribution in [2.75, 3.05) is 5.88 Å². The summed E-state index contributed by atoms with van der Waals surface area (Å²) in [4.78, 5) is 11.4. The number of hydrogen-bond donors (Lipinski definition) is 0. The molecule has 0 spiro atoms. The molecule has 0 aromatic rings. The average molecular weight is 319 g/mol. The summed E-state index contributed by atoms with van der Waals surface area (Å²) >= 11 is 5.54. The monoisotopic (exact) mass is 318 g/mol. The van der Waals surface area contributed by atoms with E-state index >= 15 is 0 Å². The molecule has 0 aliphatic carbocycles. The molecule has 0 aromatic heterocycles. The number of esters is 1. The summed E-state index contributed by atoms with van der Waals surface area (Å²) in [6.45, 7) is 4.34. The number of alkyl halides is 1. The van der Waals surface area contributed by atoms with E-state index in [2.05, 4.69) is 13.8 Å². The number of carbonyl (C=O) groups is 1. The van der Waals surface area contributed by atoms with Crippen molar-refractivity contribution in [2.24, 2.45) is 0 Å². The summed E-state index contributed by atoms with van der Waals surface area (Å²) in [5.74, 6) is 0.206. The van der Waals surface area contributed by atoms with E-state index < -0.39 is 0 Å². The van der Waals surface area contributed by atoms with Crippen LogP contribution in [0.5, 0.6) is 0 Å². The molecule has 1 unspecified atom stereocenters. The molecule has 3 heteroatoms. The smallest absolute Gasteiger partial charge is 0.307 e. The van der Waals surface area contributed by atoms with Crippen LogP contribution in [-0.2, 0) is 9.53 Å². The second-order valence-electron chi connectivity index (χ2n) is 5.93. The molecule has 1 atom stereocenters. The molecule has 21 heavy (non-hydrogen) atoms. The zero-order chi connectivity index (χ0) is 15.8. The van der Waals surface area contributed by atoms with Crippen LogP contribution in [0.2, 0.25) is 0 Å². The highest BCUT2D eigenvalue weighted by Gasteiger charge is 2.11. The molecule has 0 aliphatic heterocycles. The van der Waals surface area contributed by atoms with Crippen molar-refractivity contribution in [3.63, 3.8) is 0 Å². The highest BCUT2D eigenvalue weighted by atomic mass is 35.5. The van der Waals surface area contributed by atoms with E-state index in [1.54, 1.807) is 0 Å². The van der Waals surface area contributed by atoms with Crippen molar-refractivity contribution in [3.8, 4) is 0 Å². The van der Waals surface area contributed by atoms with E-state index in [0.717, 1.165) is 12.8 Å². The standard InChI is InChI=1S/C18H35ClO2/c1-3-5-6-7-8-9-10-11-12-13-14-17(4-2)21-18(20)15-16-19/h17H,3-16H2,1-2H3. The number of ether oxygens (including phenoxy) is 1. The molecule has 0 N–H and O–H groups in total. The van der Waals surface area contributed by atoms with Crippen molar-refractivity contribution in [2.45, 2.75) is 103 Å². The summed E-state index contributed by atoms with van der Waals surface area (Å²) < 4.78 is 5.40. The Bertz CT molecular complexity index is 231. The van der Waals surface area contributed by atoms with Crippen LogP contribution in [0.1, 0.15) is 97.3 Å². The van der Waals surface area contributed by atoms with Gasteiger partial charge in [-0.3, -0.25) is 4.79 Å². The number of halogens is 1. The molecular formula is C18H35ClO2. The molecule has 0 heterocycles. The van der Waals surface area contributed by atoms with Gasteiger partial charge in [0.1, 0.15) is 6.10 Å². The summed E-state index contributed by atoms with van der Waals surface area (Å²) in [6, 6.07) is 0. The van der Waals surface area contributed by atoms with Gasteiger partial charge >= 0.3 is 5.97 Å². The average Bonchev–Trinajstić information content (AvgIpc) is 2.48. The molecule has 0 aromatic carbocycles. The third kappa shape index (κ3) is 14.5. The van der Waals surface area contributed by atoms with E-state index in [9.17, 15) is 4.79 Å². The molecule has 0 radical (unpaired) electrons. The van der Waals surface area contributed by atoms with Crippen LogP contribution in [0.4, 0.5) is 0 Å². The number of unbranched alkanes of at least 4 members (excludes halogenated alkanes) is 9. The fraction of sp³-hybridized carbons (Fsp3) is 0.944. The number of carbonyl (C=O) groups excluding carboxylic acids is 1. The predicted molar refractivity (Wildman–Crippen MR) is 92.0 cm³/mol. The molecule has 0 amide bonds. The third-order valence-corrected chi connectivity index (χ3v) is 4.12. The van der Waals surface area contributed by atoms with Gasteiger partial charge in [-0.2, -0.15) is 0 Å². The normalized spacial score (nSPS) is 12.3. The van der Waals surface area contributed by atoms with Crippen molar-refractivity contribution in [3.05, 3.63) is 0 Å². The molecule has 0 bridgehead atoms. The Labute approximate surface area is 137 Å². The van der Waals surface area contributed by atoms with Gasteiger partial charge in [-0.05, 0) is 19.3 Å². The fourth-order valence-electron chi connectivity index (χ4n) is 2.53. The summed E-state index contributed by atoms with van der Waals surface area (Å²) in [6.07, 6.45) is 15.7. The lowest BCUT2D eigenvalue weighted by Crippen LogP contribution is -2.17. The quantitative estimate of drug-likeness (QED) is 0.203. The van der Waals surface area contributed by atoms with Crippen LogP contribution in [0.15, 0.2) is 0 Å². The van der Waals surface area contributed by atoms with E-state index in [-0.39, 0.29) is 12.1 Å². The highest BCUT2D eigenvalue weighted by Crippen LogP contribution is 2.14. The van der Waals surface area contributed by atoms with Crippen LogP contribution in [-0.4, -0.2) is 18.0 Å². The van der Waals surface area contributed by atoms with Gasteiger partial charge in [0.05, 0.1) is 6.42 Å². The number of hydrogen-bond acceptors (Lipinski definition) is 2. The molecule has 0 aliphatic rings. The second kappa shape index (κ2) is 16.1. The lowest BCUT2D eigenvalue weighted by Gasteiger charge is -2.15. The van der Waals surface area contributed by atoms with E-state index in [1.165, 1.54) is 64.2 Å². The molecular weight excluding hydrogens is 284 g/mol. The second-order valence-corrected chi connectivity index (χ2v) is 6.31. The maximum Gasteiger partial charge on any atom is 0.307 e. The van der Waals surface area contributed by atoms with Crippen LogP contribution >= 0.6 is 11.6 Å². The lowest BCUT2D eigenvalue weighted by atomic mass is 10.0. The maximum absolute atomic E-state index is 11.4. The van der Waals surface area contributed by atoms with Crippen LogP contribution < -0.4 is 0 Å². The van der Waals surface area contributed by atoms with E-state index in [0.29, 0.717) is 12.3 Å². The largest absolute Gasteiger partial charge is 0.462 e. The fourth-order valence-corrected chi connectivity index (χ4v) is 2.68. The minimum absolute atomic E-state index is 0.0924. The minimum Gasteiger partial charge on any atom is -0.462 e. The van der Waals surface area contributed by atoms with Gasteiger partial charge in [0.2, 0.25) is 0 Å². The molecule has 0 rings (SSSR count). The molecule has 0 saturated heterocycles. The first-order valence-corrected chi connectivity index (χ1v) is 9.53. The van der Waals surface area contributed by atoms with Crippen molar-refractivity contribution >= 4 is 17.6 Å². The zero-order valence-corrected chi connectivity index (χ0v) is 14.9. The van der Waals surface area contributed by atoms with Crippen LogP contribution in [0, 0.1) is 0 Å². The van der Waals surface area contributed by atoms with Gasteiger partial charge < -0.3 is 4.74 Å². The van der Waals surface area contributed by atoms with Gasteiger partial charge in [-0.1, -0.05) is 71.6 Å². The predicted octanol–water partition coefficient (Wildman–Crippen LogP) is 6.25. The van der Waals surface area contributed by atoms with Gasteiger partial charge in [0.25, 0.3) is 0 Å².